The molecule has 0 saturated carbocycles. The molecule has 1 unspecified atom stereocenters. The molecule has 3 rings (SSSR count). The Morgan fingerprint density at radius 3 is 3.00 bits per heavy atom. The van der Waals surface area contributed by atoms with Crippen LogP contribution in [0.4, 0.5) is 5.69 Å². The summed E-state index contributed by atoms with van der Waals surface area (Å²) in [5.74, 6) is -0.308. The molecule has 1 aromatic carbocycles. The number of aryl methyl sites for hydroxylation is 1. The Hall–Kier alpha value is -1.33. The van der Waals surface area contributed by atoms with E-state index in [4.69, 9.17) is 5.73 Å². The smallest absolute Gasteiger partial charge is 0.247 e. The van der Waals surface area contributed by atoms with E-state index in [1.165, 1.54) is 4.88 Å². The van der Waals surface area contributed by atoms with Gasteiger partial charge < -0.3 is 11.1 Å². The van der Waals surface area contributed by atoms with Gasteiger partial charge in [-0.25, -0.2) is 0 Å². The predicted molar refractivity (Wildman–Crippen MR) is 85.9 cm³/mol. The van der Waals surface area contributed by atoms with Crippen molar-refractivity contribution in [3.8, 4) is 0 Å². The summed E-state index contributed by atoms with van der Waals surface area (Å²) in [7, 11) is 0. The van der Waals surface area contributed by atoms with Gasteiger partial charge in [0.25, 0.3) is 0 Å². The molecule has 1 aromatic heterocycles. The van der Waals surface area contributed by atoms with Crippen LogP contribution in [0.25, 0.3) is 0 Å². The van der Waals surface area contributed by atoms with E-state index < -0.39 is 5.54 Å². The summed E-state index contributed by atoms with van der Waals surface area (Å²) < 4.78 is 0.975. The van der Waals surface area contributed by atoms with E-state index in [0.717, 1.165) is 35.0 Å². The number of nitrogens with two attached hydrogens (primary N) is 1. The normalized spacial score (nSPS) is 21.2. The van der Waals surface area contributed by atoms with Crippen molar-refractivity contribution in [1.29, 1.82) is 0 Å². The summed E-state index contributed by atoms with van der Waals surface area (Å²) in [6.07, 6.45) is 2.73. The number of amides is 1. The minimum atomic E-state index is -0.783. The molecule has 5 heteroatoms. The molecule has 0 saturated heterocycles. The van der Waals surface area contributed by atoms with Gasteiger partial charge in [-0.15, -0.1) is 11.3 Å². The number of anilines is 1. The van der Waals surface area contributed by atoms with Gasteiger partial charge in [0.2, 0.25) is 5.91 Å². The maximum Gasteiger partial charge on any atom is 0.247 e. The van der Waals surface area contributed by atoms with Crippen molar-refractivity contribution in [2.24, 2.45) is 5.73 Å². The van der Waals surface area contributed by atoms with Crippen LogP contribution in [-0.4, -0.2) is 5.91 Å². The fourth-order valence-corrected chi connectivity index (χ4v) is 4.22. The lowest BCUT2D eigenvalue weighted by Crippen LogP contribution is -2.49. The summed E-state index contributed by atoms with van der Waals surface area (Å²) in [4.78, 5) is 13.4. The number of carbonyl (C=O) groups is 1. The summed E-state index contributed by atoms with van der Waals surface area (Å²) in [5, 5.41) is 5.42. The summed E-state index contributed by atoms with van der Waals surface area (Å²) in [6, 6.07) is 9.84. The number of hydrogen-bond donors (Lipinski definition) is 2. The third kappa shape index (κ3) is 2.25. The van der Waals surface area contributed by atoms with Gasteiger partial charge in [0, 0.05) is 20.6 Å². The van der Waals surface area contributed by atoms with Crippen LogP contribution in [0.15, 0.2) is 40.2 Å². The Labute approximate surface area is 130 Å². The molecule has 1 atom stereocenters. The number of benzene rings is 1. The highest BCUT2D eigenvalue weighted by Gasteiger charge is 2.42. The molecule has 0 bridgehead atoms. The average molecular weight is 351 g/mol. The largest absolute Gasteiger partial charge is 0.368 e. The molecule has 3 nitrogen and oxygen atoms in total. The predicted octanol–water partition coefficient (Wildman–Crippen LogP) is 3.64. The SMILES string of the molecule is NC(=O)C1(Nc2cccc(Br)c2)CCCc2sccc21. The van der Waals surface area contributed by atoms with Crippen LogP contribution < -0.4 is 11.1 Å². The molecule has 0 fully saturated rings. The fourth-order valence-electron chi connectivity index (χ4n) is 2.82. The van der Waals surface area contributed by atoms with E-state index in [0.29, 0.717) is 0 Å². The molecule has 2 aromatic rings. The van der Waals surface area contributed by atoms with Gasteiger partial charge in [0.15, 0.2) is 0 Å². The van der Waals surface area contributed by atoms with Gasteiger partial charge in [0.1, 0.15) is 5.54 Å². The van der Waals surface area contributed by atoms with Gasteiger partial charge in [0.05, 0.1) is 0 Å². The molecule has 1 aliphatic rings. The lowest BCUT2D eigenvalue weighted by atomic mass is 9.79. The summed E-state index contributed by atoms with van der Waals surface area (Å²) >= 11 is 5.15. The molecule has 3 N–H and O–H groups in total. The third-order valence-electron chi connectivity index (χ3n) is 3.76. The van der Waals surface area contributed by atoms with Crippen molar-refractivity contribution in [3.63, 3.8) is 0 Å². The van der Waals surface area contributed by atoms with Crippen LogP contribution in [0.2, 0.25) is 0 Å². The maximum atomic E-state index is 12.2. The molecular formula is C15H15BrN2OS. The minimum Gasteiger partial charge on any atom is -0.368 e. The molecule has 1 amide bonds. The molecule has 0 spiro atoms. The van der Waals surface area contributed by atoms with Crippen molar-refractivity contribution in [3.05, 3.63) is 50.6 Å². The molecule has 0 radical (unpaired) electrons. The number of fused-ring (bicyclic) bond motifs is 1. The highest BCUT2D eigenvalue weighted by atomic mass is 79.9. The van der Waals surface area contributed by atoms with E-state index in [-0.39, 0.29) is 5.91 Å². The van der Waals surface area contributed by atoms with Crippen molar-refractivity contribution in [1.82, 2.24) is 0 Å². The Morgan fingerprint density at radius 1 is 1.40 bits per heavy atom. The first-order valence-electron chi connectivity index (χ1n) is 6.52. The Morgan fingerprint density at radius 2 is 2.25 bits per heavy atom. The van der Waals surface area contributed by atoms with Crippen LogP contribution in [0.3, 0.4) is 0 Å². The zero-order chi connectivity index (χ0) is 14.2. The van der Waals surface area contributed by atoms with Gasteiger partial charge in [-0.3, -0.25) is 4.79 Å². The first-order valence-corrected chi connectivity index (χ1v) is 8.19. The van der Waals surface area contributed by atoms with Crippen molar-refractivity contribution >= 4 is 38.9 Å². The first-order chi connectivity index (χ1) is 9.62. The second-order valence-corrected chi connectivity index (χ2v) is 6.93. The van der Waals surface area contributed by atoms with Crippen molar-refractivity contribution < 1.29 is 4.79 Å². The average Bonchev–Trinajstić information content (AvgIpc) is 2.88. The molecule has 0 aliphatic heterocycles. The van der Waals surface area contributed by atoms with E-state index >= 15 is 0 Å². The topological polar surface area (TPSA) is 55.1 Å². The first kappa shape index (κ1) is 13.6. The number of halogens is 1. The maximum absolute atomic E-state index is 12.2. The van der Waals surface area contributed by atoms with E-state index in [1.54, 1.807) is 11.3 Å². The third-order valence-corrected chi connectivity index (χ3v) is 5.24. The number of hydrogen-bond acceptors (Lipinski definition) is 3. The van der Waals surface area contributed by atoms with Gasteiger partial charge in [-0.05, 0) is 48.9 Å². The fraction of sp³-hybridized carbons (Fsp3) is 0.267. The number of rotatable bonds is 3. The van der Waals surface area contributed by atoms with Gasteiger partial charge >= 0.3 is 0 Å². The molecule has 104 valence electrons. The monoisotopic (exact) mass is 350 g/mol. The number of primary amides is 1. The van der Waals surface area contributed by atoms with Crippen LogP contribution in [-0.2, 0) is 16.8 Å². The highest BCUT2D eigenvalue weighted by molar-refractivity contribution is 9.10. The Balaban J connectivity index is 2.05. The van der Waals surface area contributed by atoms with Crippen LogP contribution in [0, 0.1) is 0 Å². The number of nitrogens with one attached hydrogen (secondary N) is 1. The van der Waals surface area contributed by atoms with Crippen LogP contribution >= 0.6 is 27.3 Å². The zero-order valence-electron chi connectivity index (χ0n) is 10.9. The quantitative estimate of drug-likeness (QED) is 0.887. The molecule has 1 aliphatic carbocycles. The second-order valence-electron chi connectivity index (χ2n) is 5.02. The van der Waals surface area contributed by atoms with Gasteiger partial charge in [-0.1, -0.05) is 22.0 Å². The van der Waals surface area contributed by atoms with Crippen molar-refractivity contribution in [2.45, 2.75) is 24.8 Å². The van der Waals surface area contributed by atoms with E-state index in [2.05, 4.69) is 21.2 Å². The Kier molecular flexibility index (Phi) is 3.56. The van der Waals surface area contributed by atoms with Crippen molar-refractivity contribution in [2.75, 3.05) is 5.32 Å². The summed E-state index contributed by atoms with van der Waals surface area (Å²) in [6.45, 7) is 0. The number of carbonyl (C=O) groups excluding carboxylic acids is 1. The van der Waals surface area contributed by atoms with Crippen LogP contribution in [0.5, 0.6) is 0 Å². The number of thiophene rings is 1. The lowest BCUT2D eigenvalue weighted by molar-refractivity contribution is -0.123. The van der Waals surface area contributed by atoms with Crippen LogP contribution in [0.1, 0.15) is 23.3 Å². The van der Waals surface area contributed by atoms with E-state index in [9.17, 15) is 4.79 Å². The minimum absolute atomic E-state index is 0.308. The molecular weight excluding hydrogens is 336 g/mol. The standard InChI is InChI=1S/C15H15BrN2OS/c16-10-3-1-4-11(9-10)18-15(14(17)19)7-2-5-13-12(15)6-8-20-13/h1,3-4,6,8-9,18H,2,5,7H2,(H2,17,19). The highest BCUT2D eigenvalue weighted by Crippen LogP contribution is 2.40. The zero-order valence-corrected chi connectivity index (χ0v) is 13.3. The van der Waals surface area contributed by atoms with E-state index in [1.807, 2.05) is 35.7 Å². The Bertz CT molecular complexity index is 655. The summed E-state index contributed by atoms with van der Waals surface area (Å²) in [5.41, 5.74) is 6.91. The lowest BCUT2D eigenvalue weighted by Gasteiger charge is -2.36. The molecule has 20 heavy (non-hydrogen) atoms. The molecule has 1 heterocycles. The second kappa shape index (κ2) is 5.22. The van der Waals surface area contributed by atoms with Gasteiger partial charge in [-0.2, -0.15) is 0 Å².